The minimum Gasteiger partial charge on any atom is -0.349 e. The summed E-state index contributed by atoms with van der Waals surface area (Å²) in [7, 11) is 0. The molecule has 0 heterocycles. The number of carbonyl (C=O) groups is 1. The van der Waals surface area contributed by atoms with Crippen LogP contribution in [0.25, 0.3) is 0 Å². The van der Waals surface area contributed by atoms with Gasteiger partial charge >= 0.3 is 0 Å². The van der Waals surface area contributed by atoms with Crippen LogP contribution in [0.3, 0.4) is 0 Å². The van der Waals surface area contributed by atoms with Gasteiger partial charge in [-0.1, -0.05) is 44.2 Å². The van der Waals surface area contributed by atoms with Gasteiger partial charge in [0.25, 0.3) is 5.91 Å². The predicted octanol–water partition coefficient (Wildman–Crippen LogP) is 3.82. The van der Waals surface area contributed by atoms with E-state index in [2.05, 4.69) is 17.9 Å². The normalized spacial score (nSPS) is 17.8. The fourth-order valence-electron chi connectivity index (χ4n) is 2.53. The Kier molecular flexibility index (Phi) is 5.12. The molecule has 3 heteroatoms. The predicted molar refractivity (Wildman–Crippen MR) is 77.3 cm³/mol. The van der Waals surface area contributed by atoms with Gasteiger partial charge in [-0.25, -0.2) is 0 Å². The number of nitrogens with one attached hydrogen (secondary N) is 1. The van der Waals surface area contributed by atoms with Crippen molar-refractivity contribution in [2.45, 2.75) is 55.9 Å². The van der Waals surface area contributed by atoms with Gasteiger partial charge in [0, 0.05) is 10.9 Å². The van der Waals surface area contributed by atoms with Gasteiger partial charge in [0.05, 0.1) is 5.56 Å². The van der Waals surface area contributed by atoms with Crippen molar-refractivity contribution in [1.82, 2.24) is 5.32 Å². The Labute approximate surface area is 115 Å². The molecule has 1 amide bonds. The van der Waals surface area contributed by atoms with E-state index in [0.29, 0.717) is 11.6 Å². The molecule has 1 aromatic carbocycles. The zero-order valence-electron chi connectivity index (χ0n) is 10.7. The Morgan fingerprint density at radius 2 is 1.67 bits per heavy atom. The van der Waals surface area contributed by atoms with Gasteiger partial charge in [-0.05, 0) is 25.0 Å². The Bertz CT molecular complexity index is 397. The van der Waals surface area contributed by atoms with Crippen molar-refractivity contribution in [2.75, 3.05) is 0 Å². The summed E-state index contributed by atoms with van der Waals surface area (Å²) in [6, 6.07) is 7.81. The highest BCUT2D eigenvalue weighted by Crippen LogP contribution is 2.18. The first-order valence-electron chi connectivity index (χ1n) is 6.86. The highest BCUT2D eigenvalue weighted by Gasteiger charge is 2.16. The van der Waals surface area contributed by atoms with Crippen LogP contribution in [-0.2, 0) is 0 Å². The maximum atomic E-state index is 12.2. The van der Waals surface area contributed by atoms with Gasteiger partial charge in [0.15, 0.2) is 0 Å². The van der Waals surface area contributed by atoms with Crippen LogP contribution in [0.15, 0.2) is 29.2 Å². The molecular weight excluding hydrogens is 242 g/mol. The molecule has 0 saturated heterocycles. The fourth-order valence-corrected chi connectivity index (χ4v) is 2.79. The summed E-state index contributed by atoms with van der Waals surface area (Å²) in [4.78, 5) is 12.9. The lowest BCUT2D eigenvalue weighted by Crippen LogP contribution is -2.35. The summed E-state index contributed by atoms with van der Waals surface area (Å²) in [6.45, 7) is 0. The van der Waals surface area contributed by atoms with Crippen LogP contribution in [0.1, 0.15) is 55.3 Å². The number of thiol groups is 1. The van der Waals surface area contributed by atoms with Crippen molar-refractivity contribution < 1.29 is 4.79 Å². The summed E-state index contributed by atoms with van der Waals surface area (Å²) in [5.74, 6) is 0.0196. The van der Waals surface area contributed by atoms with Crippen LogP contribution in [0.4, 0.5) is 0 Å². The third-order valence-corrected chi connectivity index (χ3v) is 3.98. The zero-order chi connectivity index (χ0) is 12.8. The van der Waals surface area contributed by atoms with E-state index in [4.69, 9.17) is 0 Å². The lowest BCUT2D eigenvalue weighted by Gasteiger charge is -2.21. The molecule has 0 atom stereocenters. The van der Waals surface area contributed by atoms with Crippen molar-refractivity contribution >= 4 is 18.5 Å². The molecule has 0 spiro atoms. The van der Waals surface area contributed by atoms with E-state index in [1.165, 1.54) is 32.1 Å². The van der Waals surface area contributed by atoms with E-state index in [-0.39, 0.29) is 5.91 Å². The molecule has 18 heavy (non-hydrogen) atoms. The van der Waals surface area contributed by atoms with E-state index in [0.717, 1.165) is 17.7 Å². The van der Waals surface area contributed by atoms with E-state index in [9.17, 15) is 4.79 Å². The van der Waals surface area contributed by atoms with E-state index in [1.807, 2.05) is 24.3 Å². The van der Waals surface area contributed by atoms with Crippen LogP contribution in [0, 0.1) is 0 Å². The molecule has 0 unspecified atom stereocenters. The standard InChI is InChI=1S/C15H21NOS/c17-15(13-10-6-7-11-14(13)18)16-12-8-4-2-1-3-5-9-12/h6-7,10-12,18H,1-5,8-9H2,(H,16,17). The molecule has 2 rings (SSSR count). The van der Waals surface area contributed by atoms with Crippen molar-refractivity contribution in [3.05, 3.63) is 29.8 Å². The molecule has 1 aliphatic carbocycles. The zero-order valence-corrected chi connectivity index (χ0v) is 11.6. The lowest BCUT2D eigenvalue weighted by molar-refractivity contribution is 0.0927. The molecule has 0 aromatic heterocycles. The molecule has 2 nitrogen and oxygen atoms in total. The Balaban J connectivity index is 1.95. The second-order valence-corrected chi connectivity index (χ2v) is 5.51. The maximum Gasteiger partial charge on any atom is 0.252 e. The van der Waals surface area contributed by atoms with Crippen LogP contribution in [-0.4, -0.2) is 11.9 Å². The van der Waals surface area contributed by atoms with Crippen molar-refractivity contribution in [3.8, 4) is 0 Å². The summed E-state index contributed by atoms with van der Waals surface area (Å²) in [5, 5.41) is 3.16. The van der Waals surface area contributed by atoms with Gasteiger partial charge in [0.1, 0.15) is 0 Å². The number of amides is 1. The van der Waals surface area contributed by atoms with Gasteiger partial charge < -0.3 is 5.32 Å². The summed E-state index contributed by atoms with van der Waals surface area (Å²) < 4.78 is 0. The molecule has 0 radical (unpaired) electrons. The third kappa shape index (κ3) is 3.77. The van der Waals surface area contributed by atoms with E-state index < -0.39 is 0 Å². The van der Waals surface area contributed by atoms with Crippen molar-refractivity contribution in [1.29, 1.82) is 0 Å². The molecular formula is C15H21NOS. The van der Waals surface area contributed by atoms with Crippen LogP contribution < -0.4 is 5.32 Å². The SMILES string of the molecule is O=C(NC1CCCCCCC1)c1ccccc1S. The second-order valence-electron chi connectivity index (χ2n) is 5.03. The molecule has 0 aliphatic heterocycles. The van der Waals surface area contributed by atoms with Crippen LogP contribution in [0.2, 0.25) is 0 Å². The van der Waals surface area contributed by atoms with Gasteiger partial charge in [0.2, 0.25) is 0 Å². The van der Waals surface area contributed by atoms with Gasteiger partial charge in [-0.3, -0.25) is 4.79 Å². The smallest absolute Gasteiger partial charge is 0.252 e. The first kappa shape index (κ1) is 13.5. The molecule has 1 aromatic rings. The molecule has 0 bridgehead atoms. The lowest BCUT2D eigenvalue weighted by atomic mass is 9.96. The van der Waals surface area contributed by atoms with Gasteiger partial charge in [-0.15, -0.1) is 12.6 Å². The number of carbonyl (C=O) groups excluding carboxylic acids is 1. The number of hydrogen-bond acceptors (Lipinski definition) is 2. The monoisotopic (exact) mass is 263 g/mol. The topological polar surface area (TPSA) is 29.1 Å². The fraction of sp³-hybridized carbons (Fsp3) is 0.533. The van der Waals surface area contributed by atoms with Crippen molar-refractivity contribution in [2.24, 2.45) is 0 Å². The third-order valence-electron chi connectivity index (χ3n) is 3.59. The molecule has 1 fully saturated rings. The number of rotatable bonds is 2. The summed E-state index contributed by atoms with van der Waals surface area (Å²) in [6.07, 6.45) is 8.63. The highest BCUT2D eigenvalue weighted by atomic mass is 32.1. The number of benzene rings is 1. The molecule has 98 valence electrons. The first-order valence-corrected chi connectivity index (χ1v) is 7.31. The largest absolute Gasteiger partial charge is 0.349 e. The van der Waals surface area contributed by atoms with Gasteiger partial charge in [-0.2, -0.15) is 0 Å². The first-order chi connectivity index (χ1) is 8.77. The Hall–Kier alpha value is -0.960. The van der Waals surface area contributed by atoms with E-state index in [1.54, 1.807) is 0 Å². The van der Waals surface area contributed by atoms with Crippen molar-refractivity contribution in [3.63, 3.8) is 0 Å². The quantitative estimate of drug-likeness (QED) is 0.780. The summed E-state index contributed by atoms with van der Waals surface area (Å²) >= 11 is 4.33. The Morgan fingerprint density at radius 1 is 1.06 bits per heavy atom. The average molecular weight is 263 g/mol. The molecule has 1 aliphatic rings. The molecule has 1 N–H and O–H groups in total. The van der Waals surface area contributed by atoms with Crippen LogP contribution >= 0.6 is 12.6 Å². The Morgan fingerprint density at radius 3 is 2.33 bits per heavy atom. The summed E-state index contributed by atoms with van der Waals surface area (Å²) in [5.41, 5.74) is 0.683. The maximum absolute atomic E-state index is 12.2. The number of hydrogen-bond donors (Lipinski definition) is 2. The second kappa shape index (κ2) is 6.83. The minimum absolute atomic E-state index is 0.0196. The van der Waals surface area contributed by atoms with Crippen LogP contribution in [0.5, 0.6) is 0 Å². The van der Waals surface area contributed by atoms with E-state index >= 15 is 0 Å². The minimum atomic E-state index is 0.0196. The molecule has 1 saturated carbocycles. The average Bonchev–Trinajstić information content (AvgIpc) is 2.33. The highest BCUT2D eigenvalue weighted by molar-refractivity contribution is 7.80.